The smallest absolute Gasteiger partial charge is 0.331 e. The van der Waals surface area contributed by atoms with E-state index >= 15 is 0 Å². The van der Waals surface area contributed by atoms with Gasteiger partial charge in [0, 0.05) is 12.1 Å². The van der Waals surface area contributed by atoms with E-state index in [0.717, 1.165) is 11.1 Å². The fourth-order valence-electron chi connectivity index (χ4n) is 1.49. The van der Waals surface area contributed by atoms with Crippen molar-refractivity contribution in [2.45, 2.75) is 26.8 Å². The first-order valence-electron chi connectivity index (χ1n) is 6.18. The molecule has 0 saturated heterocycles. The molecule has 0 fully saturated rings. The fourth-order valence-corrected chi connectivity index (χ4v) is 1.49. The number of esters is 1. The lowest BCUT2D eigenvalue weighted by molar-refractivity contribution is -0.143. The van der Waals surface area contributed by atoms with Crippen LogP contribution in [0.1, 0.15) is 25.0 Å². The van der Waals surface area contributed by atoms with Gasteiger partial charge in [-0.25, -0.2) is 4.79 Å². The van der Waals surface area contributed by atoms with Gasteiger partial charge in [-0.2, -0.15) is 0 Å². The lowest BCUT2D eigenvalue weighted by Gasteiger charge is -2.07. The summed E-state index contributed by atoms with van der Waals surface area (Å²) in [5.74, 6) is -0.826. The van der Waals surface area contributed by atoms with Crippen LogP contribution in [0.25, 0.3) is 6.08 Å². The van der Waals surface area contributed by atoms with Crippen LogP contribution in [0.2, 0.25) is 0 Å². The van der Waals surface area contributed by atoms with E-state index in [9.17, 15) is 9.59 Å². The monoisotopic (exact) mass is 261 g/mol. The average Bonchev–Trinajstić information content (AvgIpc) is 2.33. The van der Waals surface area contributed by atoms with Gasteiger partial charge in [0.15, 0.2) is 6.61 Å². The molecule has 0 radical (unpaired) electrons. The van der Waals surface area contributed by atoms with Gasteiger partial charge < -0.3 is 10.1 Å². The van der Waals surface area contributed by atoms with E-state index in [1.54, 1.807) is 6.08 Å². The molecule has 0 saturated carbocycles. The number of amides is 1. The average molecular weight is 261 g/mol. The van der Waals surface area contributed by atoms with Crippen molar-refractivity contribution in [3.05, 3.63) is 41.5 Å². The SMILES string of the molecule is Cc1cccc(/C=C/C(=O)OCC(=O)NC(C)C)c1. The molecule has 0 bridgehead atoms. The molecule has 0 unspecified atom stereocenters. The molecule has 0 aliphatic rings. The van der Waals surface area contributed by atoms with E-state index in [4.69, 9.17) is 4.74 Å². The highest BCUT2D eigenvalue weighted by Gasteiger charge is 2.05. The third-order valence-corrected chi connectivity index (χ3v) is 2.25. The lowest BCUT2D eigenvalue weighted by atomic mass is 10.1. The maximum atomic E-state index is 11.4. The third kappa shape index (κ3) is 6.41. The molecule has 1 aromatic rings. The summed E-state index contributed by atoms with van der Waals surface area (Å²) in [6.07, 6.45) is 2.98. The first kappa shape index (κ1) is 15.0. The lowest BCUT2D eigenvalue weighted by Crippen LogP contribution is -2.33. The second-order valence-electron chi connectivity index (χ2n) is 4.58. The highest BCUT2D eigenvalue weighted by molar-refractivity contribution is 5.89. The molecule has 1 amide bonds. The molecule has 0 aliphatic carbocycles. The zero-order valence-corrected chi connectivity index (χ0v) is 11.5. The fraction of sp³-hybridized carbons (Fsp3) is 0.333. The minimum Gasteiger partial charge on any atom is -0.452 e. The first-order chi connectivity index (χ1) is 8.97. The molecule has 102 valence electrons. The van der Waals surface area contributed by atoms with Gasteiger partial charge in [0.25, 0.3) is 5.91 Å². The third-order valence-electron chi connectivity index (χ3n) is 2.25. The Labute approximate surface area is 113 Å². The number of carbonyl (C=O) groups is 2. The van der Waals surface area contributed by atoms with Crippen molar-refractivity contribution in [3.63, 3.8) is 0 Å². The van der Waals surface area contributed by atoms with E-state index in [1.807, 2.05) is 45.0 Å². The number of ether oxygens (including phenoxy) is 1. The topological polar surface area (TPSA) is 55.4 Å². The largest absolute Gasteiger partial charge is 0.452 e. The summed E-state index contributed by atoms with van der Waals surface area (Å²) < 4.78 is 4.82. The van der Waals surface area contributed by atoms with Gasteiger partial charge in [0.05, 0.1) is 0 Å². The number of rotatable bonds is 5. The summed E-state index contributed by atoms with van der Waals surface area (Å²) in [6.45, 7) is 5.41. The summed E-state index contributed by atoms with van der Waals surface area (Å²) in [5.41, 5.74) is 2.04. The molecule has 1 rings (SSSR count). The molecule has 4 nitrogen and oxygen atoms in total. The molecular formula is C15H19NO3. The zero-order valence-electron chi connectivity index (χ0n) is 11.5. The molecule has 1 aromatic carbocycles. The summed E-state index contributed by atoms with van der Waals surface area (Å²) >= 11 is 0. The summed E-state index contributed by atoms with van der Waals surface area (Å²) in [6, 6.07) is 7.77. The molecule has 0 atom stereocenters. The molecule has 0 aliphatic heterocycles. The predicted octanol–water partition coefficient (Wildman–Crippen LogP) is 2.08. The van der Waals surface area contributed by atoms with Crippen LogP contribution in [0.15, 0.2) is 30.3 Å². The van der Waals surface area contributed by atoms with Crippen LogP contribution in [0.4, 0.5) is 0 Å². The van der Waals surface area contributed by atoms with Gasteiger partial charge in [0.1, 0.15) is 0 Å². The minimum absolute atomic E-state index is 0.0361. The number of carbonyl (C=O) groups excluding carboxylic acids is 2. The van der Waals surface area contributed by atoms with Crippen LogP contribution >= 0.6 is 0 Å². The van der Waals surface area contributed by atoms with Gasteiger partial charge >= 0.3 is 5.97 Å². The van der Waals surface area contributed by atoms with E-state index in [2.05, 4.69) is 5.32 Å². The number of benzene rings is 1. The van der Waals surface area contributed by atoms with Crippen molar-refractivity contribution in [2.75, 3.05) is 6.61 Å². The van der Waals surface area contributed by atoms with Crippen LogP contribution in [0.5, 0.6) is 0 Å². The quantitative estimate of drug-likeness (QED) is 0.652. The molecule has 4 heteroatoms. The predicted molar refractivity (Wildman–Crippen MR) is 74.5 cm³/mol. The van der Waals surface area contributed by atoms with E-state index in [-0.39, 0.29) is 18.6 Å². The van der Waals surface area contributed by atoms with Gasteiger partial charge in [-0.05, 0) is 32.4 Å². The second kappa shape index (κ2) is 7.36. The summed E-state index contributed by atoms with van der Waals surface area (Å²) in [4.78, 5) is 22.7. The molecule has 1 N–H and O–H groups in total. The Balaban J connectivity index is 2.41. The van der Waals surface area contributed by atoms with E-state index < -0.39 is 5.97 Å². The van der Waals surface area contributed by atoms with Crippen molar-refractivity contribution in [1.82, 2.24) is 5.32 Å². The van der Waals surface area contributed by atoms with Crippen LogP contribution in [-0.4, -0.2) is 24.5 Å². The van der Waals surface area contributed by atoms with Gasteiger partial charge in [-0.1, -0.05) is 29.8 Å². The van der Waals surface area contributed by atoms with Crippen LogP contribution in [0.3, 0.4) is 0 Å². The second-order valence-corrected chi connectivity index (χ2v) is 4.58. The number of nitrogens with one attached hydrogen (secondary N) is 1. The maximum Gasteiger partial charge on any atom is 0.331 e. The summed E-state index contributed by atoms with van der Waals surface area (Å²) in [7, 11) is 0. The number of hydrogen-bond donors (Lipinski definition) is 1. The Morgan fingerprint density at radius 3 is 2.74 bits per heavy atom. The Hall–Kier alpha value is -2.10. The molecular weight excluding hydrogens is 242 g/mol. The van der Waals surface area contributed by atoms with Crippen molar-refractivity contribution in [1.29, 1.82) is 0 Å². The van der Waals surface area contributed by atoms with Crippen molar-refractivity contribution in [2.24, 2.45) is 0 Å². The highest BCUT2D eigenvalue weighted by atomic mass is 16.5. The Morgan fingerprint density at radius 1 is 1.37 bits per heavy atom. The van der Waals surface area contributed by atoms with E-state index in [1.165, 1.54) is 6.08 Å². The van der Waals surface area contributed by atoms with E-state index in [0.29, 0.717) is 0 Å². The van der Waals surface area contributed by atoms with Crippen LogP contribution < -0.4 is 5.32 Å². The standard InChI is InChI=1S/C15H19NO3/c1-11(2)16-14(17)10-19-15(18)8-7-13-6-4-5-12(3)9-13/h4-9,11H,10H2,1-3H3,(H,16,17)/b8-7+. The molecule has 0 heterocycles. The normalized spacial score (nSPS) is 10.7. The van der Waals surface area contributed by atoms with Gasteiger partial charge in [-0.3, -0.25) is 4.79 Å². The molecule has 19 heavy (non-hydrogen) atoms. The highest BCUT2D eigenvalue weighted by Crippen LogP contribution is 2.05. The number of hydrogen-bond acceptors (Lipinski definition) is 3. The van der Waals surface area contributed by atoms with Gasteiger partial charge in [-0.15, -0.1) is 0 Å². The van der Waals surface area contributed by atoms with Crippen molar-refractivity contribution < 1.29 is 14.3 Å². The van der Waals surface area contributed by atoms with Gasteiger partial charge in [0.2, 0.25) is 0 Å². The molecule has 0 spiro atoms. The van der Waals surface area contributed by atoms with Crippen LogP contribution in [-0.2, 0) is 14.3 Å². The first-order valence-corrected chi connectivity index (χ1v) is 6.18. The molecule has 0 aromatic heterocycles. The van der Waals surface area contributed by atoms with Crippen molar-refractivity contribution >= 4 is 18.0 Å². The Kier molecular flexibility index (Phi) is 5.79. The minimum atomic E-state index is -0.527. The maximum absolute atomic E-state index is 11.4. The number of aryl methyl sites for hydroxylation is 1. The Bertz CT molecular complexity index is 478. The summed E-state index contributed by atoms with van der Waals surface area (Å²) in [5, 5.41) is 2.64. The Morgan fingerprint density at radius 2 is 2.11 bits per heavy atom. The van der Waals surface area contributed by atoms with Crippen molar-refractivity contribution in [3.8, 4) is 0 Å². The zero-order chi connectivity index (χ0) is 14.3. The van der Waals surface area contributed by atoms with Crippen LogP contribution in [0, 0.1) is 6.92 Å².